The van der Waals surface area contributed by atoms with Gasteiger partial charge in [-0.15, -0.1) is 0 Å². The van der Waals surface area contributed by atoms with Crippen molar-refractivity contribution in [3.63, 3.8) is 0 Å². The first-order valence-electron chi connectivity index (χ1n) is 8.94. The smallest absolute Gasteiger partial charge is 0.191 e. The Morgan fingerprint density at radius 2 is 2.12 bits per heavy atom. The molecule has 0 saturated carbocycles. The van der Waals surface area contributed by atoms with E-state index in [1.54, 1.807) is 7.05 Å². The van der Waals surface area contributed by atoms with Crippen molar-refractivity contribution in [2.45, 2.75) is 25.5 Å². The summed E-state index contributed by atoms with van der Waals surface area (Å²) < 4.78 is 5.53. The molecular weight excluding hydrogens is 334 g/mol. The number of thioether (sulfide) groups is 1. The minimum Gasteiger partial charge on any atom is -0.396 e. The molecule has 25 heavy (non-hydrogen) atoms. The fourth-order valence-corrected chi connectivity index (χ4v) is 3.74. The van der Waals surface area contributed by atoms with Crippen LogP contribution < -0.4 is 10.6 Å². The van der Waals surface area contributed by atoms with Gasteiger partial charge in [-0.2, -0.15) is 11.8 Å². The number of nitrogens with one attached hydrogen (secondary N) is 2. The first-order valence-corrected chi connectivity index (χ1v) is 10.1. The van der Waals surface area contributed by atoms with Crippen LogP contribution in [-0.2, 0) is 10.5 Å². The van der Waals surface area contributed by atoms with Crippen molar-refractivity contribution in [2.24, 2.45) is 10.4 Å². The van der Waals surface area contributed by atoms with Crippen molar-refractivity contribution >= 4 is 17.7 Å². The van der Waals surface area contributed by atoms with Gasteiger partial charge in [-0.25, -0.2) is 0 Å². The number of hydrogen-bond donors (Lipinski definition) is 3. The van der Waals surface area contributed by atoms with Gasteiger partial charge in [-0.1, -0.05) is 29.8 Å². The molecule has 1 unspecified atom stereocenters. The molecule has 1 atom stereocenters. The minimum absolute atomic E-state index is 0.0343. The van der Waals surface area contributed by atoms with Crippen LogP contribution in [0, 0.1) is 12.3 Å². The van der Waals surface area contributed by atoms with Crippen LogP contribution in [0.1, 0.15) is 24.0 Å². The number of aliphatic imine (C=N–C) groups is 1. The molecule has 1 saturated heterocycles. The maximum absolute atomic E-state index is 9.29. The lowest BCUT2D eigenvalue weighted by molar-refractivity contribution is 0.127. The maximum Gasteiger partial charge on any atom is 0.191 e. The molecule has 0 aliphatic carbocycles. The van der Waals surface area contributed by atoms with Crippen molar-refractivity contribution in [2.75, 3.05) is 45.7 Å². The Bertz CT molecular complexity index is 528. The van der Waals surface area contributed by atoms with E-state index >= 15 is 0 Å². The van der Waals surface area contributed by atoms with Gasteiger partial charge in [0, 0.05) is 50.3 Å². The first kappa shape index (κ1) is 20.1. The maximum atomic E-state index is 9.29. The molecule has 2 rings (SSSR count). The average molecular weight is 366 g/mol. The van der Waals surface area contributed by atoms with E-state index in [1.165, 1.54) is 11.1 Å². The summed E-state index contributed by atoms with van der Waals surface area (Å²) in [5.41, 5.74) is 2.70. The van der Waals surface area contributed by atoms with Gasteiger partial charge in [-0.3, -0.25) is 4.99 Å². The SMILES string of the molecule is CN=C(NCCSCc1ccc(C)cc1)NCC1(CCO)CCOC1. The molecule has 140 valence electrons. The average Bonchev–Trinajstić information content (AvgIpc) is 3.08. The summed E-state index contributed by atoms with van der Waals surface area (Å²) in [6, 6.07) is 8.71. The Morgan fingerprint density at radius 1 is 1.32 bits per heavy atom. The molecule has 5 nitrogen and oxygen atoms in total. The van der Waals surface area contributed by atoms with Crippen molar-refractivity contribution in [1.82, 2.24) is 10.6 Å². The Morgan fingerprint density at radius 3 is 2.76 bits per heavy atom. The lowest BCUT2D eigenvalue weighted by Crippen LogP contribution is -2.45. The third-order valence-corrected chi connectivity index (χ3v) is 5.64. The largest absolute Gasteiger partial charge is 0.396 e. The molecule has 3 N–H and O–H groups in total. The molecule has 6 heteroatoms. The Labute approximate surface area is 155 Å². The van der Waals surface area contributed by atoms with E-state index in [4.69, 9.17) is 4.74 Å². The third-order valence-electron chi connectivity index (χ3n) is 4.61. The molecule has 1 aromatic carbocycles. The number of rotatable bonds is 9. The first-order chi connectivity index (χ1) is 12.2. The van der Waals surface area contributed by atoms with Crippen molar-refractivity contribution in [3.05, 3.63) is 35.4 Å². The van der Waals surface area contributed by atoms with Crippen LogP contribution >= 0.6 is 11.8 Å². The van der Waals surface area contributed by atoms with Gasteiger partial charge in [0.05, 0.1) is 6.61 Å². The van der Waals surface area contributed by atoms with Crippen LogP contribution in [0.3, 0.4) is 0 Å². The second-order valence-corrected chi connectivity index (χ2v) is 7.77. The van der Waals surface area contributed by atoms with Gasteiger partial charge in [0.25, 0.3) is 0 Å². The van der Waals surface area contributed by atoms with Crippen LogP contribution in [0.25, 0.3) is 0 Å². The van der Waals surface area contributed by atoms with Gasteiger partial charge in [0.2, 0.25) is 0 Å². The van der Waals surface area contributed by atoms with Crippen LogP contribution in [0.4, 0.5) is 0 Å². The Hall–Kier alpha value is -1.24. The van der Waals surface area contributed by atoms with E-state index in [9.17, 15) is 5.11 Å². The van der Waals surface area contributed by atoms with Crippen LogP contribution in [0.15, 0.2) is 29.3 Å². The van der Waals surface area contributed by atoms with Gasteiger partial charge < -0.3 is 20.5 Å². The predicted molar refractivity (Wildman–Crippen MR) is 106 cm³/mol. The number of hydrogen-bond acceptors (Lipinski definition) is 4. The lowest BCUT2D eigenvalue weighted by Gasteiger charge is -2.27. The standard InChI is InChI=1S/C19H31N3O2S/c1-16-3-5-17(6-4-16)13-25-12-9-21-18(20-2)22-14-19(7-10-23)8-11-24-15-19/h3-6,23H,7-15H2,1-2H3,(H2,20,21,22). The highest BCUT2D eigenvalue weighted by Crippen LogP contribution is 2.31. The van der Waals surface area contributed by atoms with Gasteiger partial charge in [-0.05, 0) is 25.3 Å². The molecule has 1 fully saturated rings. The lowest BCUT2D eigenvalue weighted by atomic mass is 9.84. The van der Waals surface area contributed by atoms with Gasteiger partial charge >= 0.3 is 0 Å². The Kier molecular flexibility index (Phi) is 8.58. The highest BCUT2D eigenvalue weighted by atomic mass is 32.2. The van der Waals surface area contributed by atoms with E-state index in [0.29, 0.717) is 6.61 Å². The fourth-order valence-electron chi connectivity index (χ4n) is 2.92. The minimum atomic E-state index is 0.0343. The molecule has 0 amide bonds. The molecule has 1 aliphatic rings. The number of ether oxygens (including phenoxy) is 1. The van der Waals surface area contributed by atoms with E-state index in [-0.39, 0.29) is 12.0 Å². The molecule has 0 radical (unpaired) electrons. The molecule has 0 spiro atoms. The molecule has 1 aromatic rings. The summed E-state index contributed by atoms with van der Waals surface area (Å²) in [5, 5.41) is 16.0. The quantitative estimate of drug-likeness (QED) is 0.356. The number of nitrogens with zero attached hydrogens (tertiary/aromatic N) is 1. The monoisotopic (exact) mass is 365 g/mol. The zero-order valence-electron chi connectivity index (χ0n) is 15.4. The number of aliphatic hydroxyl groups is 1. The van der Waals surface area contributed by atoms with Crippen molar-refractivity contribution in [1.29, 1.82) is 0 Å². The number of guanidine groups is 1. The second-order valence-electron chi connectivity index (χ2n) is 6.67. The Balaban J connectivity index is 1.64. The molecule has 0 aromatic heterocycles. The van der Waals surface area contributed by atoms with Crippen LogP contribution in [0.5, 0.6) is 0 Å². The molecule has 0 bridgehead atoms. The molecule has 1 aliphatic heterocycles. The molecule has 1 heterocycles. The van der Waals surface area contributed by atoms with Crippen molar-refractivity contribution in [3.8, 4) is 0 Å². The summed E-state index contributed by atoms with van der Waals surface area (Å²) in [5.74, 6) is 2.88. The zero-order valence-corrected chi connectivity index (χ0v) is 16.2. The number of aliphatic hydroxyl groups excluding tert-OH is 1. The van der Waals surface area contributed by atoms with Gasteiger partial charge in [0.1, 0.15) is 0 Å². The van der Waals surface area contributed by atoms with Crippen molar-refractivity contribution < 1.29 is 9.84 Å². The highest BCUT2D eigenvalue weighted by Gasteiger charge is 2.34. The van der Waals surface area contributed by atoms with E-state index in [0.717, 1.165) is 50.0 Å². The predicted octanol–water partition coefficient (Wildman–Crippen LogP) is 2.18. The van der Waals surface area contributed by atoms with E-state index in [2.05, 4.69) is 46.8 Å². The van der Waals surface area contributed by atoms with Crippen LogP contribution in [-0.4, -0.2) is 56.8 Å². The second kappa shape index (κ2) is 10.7. The normalized spacial score (nSPS) is 20.7. The summed E-state index contributed by atoms with van der Waals surface area (Å²) in [6.07, 6.45) is 1.76. The zero-order chi connectivity index (χ0) is 18.0. The topological polar surface area (TPSA) is 65.9 Å². The summed E-state index contributed by atoms with van der Waals surface area (Å²) in [7, 11) is 1.79. The van der Waals surface area contributed by atoms with E-state index < -0.39 is 0 Å². The summed E-state index contributed by atoms with van der Waals surface area (Å²) in [6.45, 7) is 5.46. The molecular formula is C19H31N3O2S. The summed E-state index contributed by atoms with van der Waals surface area (Å²) >= 11 is 1.92. The van der Waals surface area contributed by atoms with Gasteiger partial charge in [0.15, 0.2) is 5.96 Å². The number of aryl methyl sites for hydroxylation is 1. The van der Waals surface area contributed by atoms with E-state index in [1.807, 2.05) is 11.8 Å². The van der Waals surface area contributed by atoms with Crippen LogP contribution in [0.2, 0.25) is 0 Å². The third kappa shape index (κ3) is 6.88. The highest BCUT2D eigenvalue weighted by molar-refractivity contribution is 7.98. The summed E-state index contributed by atoms with van der Waals surface area (Å²) in [4.78, 5) is 4.29. The fraction of sp³-hybridized carbons (Fsp3) is 0.632. The number of benzene rings is 1.